The predicted molar refractivity (Wildman–Crippen MR) is 70.5 cm³/mol. The highest BCUT2D eigenvalue weighted by Gasteiger charge is 2.32. The van der Waals surface area contributed by atoms with Crippen molar-refractivity contribution in [2.24, 2.45) is 11.1 Å². The molecule has 1 atom stereocenters. The number of nitrogens with two attached hydrogens (primary N) is 1. The number of rotatable bonds is 7. The third-order valence-electron chi connectivity index (χ3n) is 3.14. The highest BCUT2D eigenvalue weighted by atomic mass is 16.4. The van der Waals surface area contributed by atoms with Gasteiger partial charge in [0.1, 0.15) is 6.54 Å². The van der Waals surface area contributed by atoms with Crippen molar-refractivity contribution in [3.63, 3.8) is 0 Å². The van der Waals surface area contributed by atoms with Gasteiger partial charge < -0.3 is 21.1 Å². The van der Waals surface area contributed by atoms with Gasteiger partial charge in [-0.3, -0.25) is 9.59 Å². The fraction of sp³-hybridized carbons (Fsp3) is 0.750. The molecule has 0 heterocycles. The van der Waals surface area contributed by atoms with Gasteiger partial charge in [0.15, 0.2) is 0 Å². The lowest BCUT2D eigenvalue weighted by Crippen LogP contribution is -2.50. The zero-order valence-electron chi connectivity index (χ0n) is 11.9. The van der Waals surface area contributed by atoms with Crippen molar-refractivity contribution in [2.75, 3.05) is 13.1 Å². The van der Waals surface area contributed by atoms with Gasteiger partial charge in [-0.2, -0.15) is 0 Å². The number of hydrogen-bond acceptors (Lipinski definition) is 3. The van der Waals surface area contributed by atoms with E-state index in [-0.39, 0.29) is 19.1 Å². The first kappa shape index (κ1) is 17.2. The normalized spacial score (nSPS) is 13.7. The van der Waals surface area contributed by atoms with Crippen LogP contribution in [0.15, 0.2) is 0 Å². The molecule has 19 heavy (non-hydrogen) atoms. The van der Waals surface area contributed by atoms with Crippen molar-refractivity contribution in [1.29, 1.82) is 0 Å². The van der Waals surface area contributed by atoms with E-state index < -0.39 is 23.3 Å². The number of carboxylic acid groups (broad SMARTS) is 1. The van der Waals surface area contributed by atoms with E-state index in [1.165, 1.54) is 4.90 Å². The van der Waals surface area contributed by atoms with Crippen molar-refractivity contribution >= 4 is 17.9 Å². The molecule has 0 spiro atoms. The van der Waals surface area contributed by atoms with E-state index >= 15 is 0 Å². The lowest BCUT2D eigenvalue weighted by atomic mass is 9.88. The average molecular weight is 273 g/mol. The molecule has 0 saturated carbocycles. The van der Waals surface area contributed by atoms with E-state index in [9.17, 15) is 14.4 Å². The summed E-state index contributed by atoms with van der Waals surface area (Å²) in [4.78, 5) is 35.2. The molecular weight excluding hydrogens is 250 g/mol. The Balaban J connectivity index is 4.66. The number of hydrogen-bond donors (Lipinski definition) is 3. The Kier molecular flexibility index (Phi) is 6.31. The second-order valence-electron chi connectivity index (χ2n) is 5.07. The largest absolute Gasteiger partial charge is 0.481 e. The van der Waals surface area contributed by atoms with Gasteiger partial charge >= 0.3 is 12.0 Å². The van der Waals surface area contributed by atoms with E-state index in [0.29, 0.717) is 6.42 Å². The van der Waals surface area contributed by atoms with Crippen LogP contribution in [0.2, 0.25) is 0 Å². The molecule has 0 radical (unpaired) electrons. The molecule has 0 fully saturated rings. The Labute approximate surface area is 113 Å². The molecule has 0 aliphatic heterocycles. The van der Waals surface area contributed by atoms with Crippen molar-refractivity contribution in [2.45, 2.75) is 40.2 Å². The molecule has 0 rings (SSSR count). The SMILES string of the molecule is CCC(C)(CNC(=O)N(CC(N)=O)C(C)C)C(=O)O. The summed E-state index contributed by atoms with van der Waals surface area (Å²) in [6.45, 7) is 6.60. The van der Waals surface area contributed by atoms with Gasteiger partial charge in [0.2, 0.25) is 5.91 Å². The van der Waals surface area contributed by atoms with Gasteiger partial charge in [0, 0.05) is 12.6 Å². The molecule has 1 unspecified atom stereocenters. The molecule has 0 aromatic carbocycles. The summed E-state index contributed by atoms with van der Waals surface area (Å²) in [5, 5.41) is 11.6. The minimum Gasteiger partial charge on any atom is -0.481 e. The third-order valence-corrected chi connectivity index (χ3v) is 3.14. The molecule has 0 aliphatic carbocycles. The van der Waals surface area contributed by atoms with Crippen LogP contribution in [0.3, 0.4) is 0 Å². The van der Waals surface area contributed by atoms with E-state index in [1.54, 1.807) is 27.7 Å². The summed E-state index contributed by atoms with van der Waals surface area (Å²) >= 11 is 0. The monoisotopic (exact) mass is 273 g/mol. The van der Waals surface area contributed by atoms with Crippen molar-refractivity contribution in [3.05, 3.63) is 0 Å². The Morgan fingerprint density at radius 2 is 1.89 bits per heavy atom. The van der Waals surface area contributed by atoms with Gasteiger partial charge in [0.05, 0.1) is 5.41 Å². The standard InChI is InChI=1S/C12H23N3O4/c1-5-12(4,10(17)18)7-14-11(19)15(8(2)3)6-9(13)16/h8H,5-7H2,1-4H3,(H2,13,16)(H,14,19)(H,17,18). The number of nitrogens with one attached hydrogen (secondary N) is 1. The Morgan fingerprint density at radius 3 is 2.21 bits per heavy atom. The number of amides is 3. The average Bonchev–Trinajstić information content (AvgIpc) is 2.31. The number of urea groups is 1. The Bertz CT molecular complexity index is 357. The minimum atomic E-state index is -1.02. The van der Waals surface area contributed by atoms with Gasteiger partial charge in [-0.15, -0.1) is 0 Å². The van der Waals surface area contributed by atoms with Gasteiger partial charge in [0.25, 0.3) is 0 Å². The minimum absolute atomic E-state index is 0.000349. The molecule has 7 heteroatoms. The molecule has 0 aromatic rings. The van der Waals surface area contributed by atoms with Gasteiger partial charge in [-0.25, -0.2) is 4.79 Å². The number of carbonyl (C=O) groups excluding carboxylic acids is 2. The van der Waals surface area contributed by atoms with Crippen LogP contribution < -0.4 is 11.1 Å². The smallest absolute Gasteiger partial charge is 0.318 e. The van der Waals surface area contributed by atoms with Crippen molar-refractivity contribution in [1.82, 2.24) is 10.2 Å². The highest BCUT2D eigenvalue weighted by molar-refractivity contribution is 5.83. The second-order valence-corrected chi connectivity index (χ2v) is 5.07. The van der Waals surface area contributed by atoms with E-state index in [0.717, 1.165) is 0 Å². The molecule has 0 aliphatic rings. The maximum absolute atomic E-state index is 11.9. The van der Waals surface area contributed by atoms with Crippen LogP contribution >= 0.6 is 0 Å². The van der Waals surface area contributed by atoms with Crippen LogP contribution in [0.25, 0.3) is 0 Å². The van der Waals surface area contributed by atoms with Crippen LogP contribution in [0.5, 0.6) is 0 Å². The maximum Gasteiger partial charge on any atom is 0.318 e. The molecule has 4 N–H and O–H groups in total. The van der Waals surface area contributed by atoms with Crippen LogP contribution in [-0.2, 0) is 9.59 Å². The number of carbonyl (C=O) groups is 3. The fourth-order valence-electron chi connectivity index (χ4n) is 1.38. The molecule has 0 saturated heterocycles. The topological polar surface area (TPSA) is 113 Å². The molecule has 3 amide bonds. The van der Waals surface area contributed by atoms with Crippen molar-refractivity contribution in [3.8, 4) is 0 Å². The fourth-order valence-corrected chi connectivity index (χ4v) is 1.38. The van der Waals surface area contributed by atoms with Gasteiger partial charge in [-0.05, 0) is 27.2 Å². The quantitative estimate of drug-likeness (QED) is 0.622. The summed E-state index contributed by atoms with van der Waals surface area (Å²) in [5.74, 6) is -1.58. The predicted octanol–water partition coefficient (Wildman–Crippen LogP) is 0.393. The highest BCUT2D eigenvalue weighted by Crippen LogP contribution is 2.20. The summed E-state index contributed by atoms with van der Waals surface area (Å²) in [7, 11) is 0. The summed E-state index contributed by atoms with van der Waals surface area (Å²) in [6.07, 6.45) is 0.389. The molecule has 0 aromatic heterocycles. The third kappa shape index (κ3) is 5.15. The first-order valence-corrected chi connectivity index (χ1v) is 6.20. The van der Waals surface area contributed by atoms with Gasteiger partial charge in [-0.1, -0.05) is 6.92 Å². The number of primary amides is 1. The van der Waals surface area contributed by atoms with Crippen molar-refractivity contribution < 1.29 is 19.5 Å². The lowest BCUT2D eigenvalue weighted by molar-refractivity contribution is -0.147. The Morgan fingerprint density at radius 1 is 1.37 bits per heavy atom. The Hall–Kier alpha value is -1.79. The maximum atomic E-state index is 11.9. The number of nitrogens with zero attached hydrogens (tertiary/aromatic N) is 1. The first-order chi connectivity index (χ1) is 8.64. The first-order valence-electron chi connectivity index (χ1n) is 6.20. The molecule has 0 bridgehead atoms. The number of carboxylic acids is 1. The zero-order chi connectivity index (χ0) is 15.2. The number of aliphatic carboxylic acids is 1. The summed E-state index contributed by atoms with van der Waals surface area (Å²) < 4.78 is 0. The summed E-state index contributed by atoms with van der Waals surface area (Å²) in [5.41, 5.74) is 4.05. The second kappa shape index (κ2) is 6.96. The van der Waals surface area contributed by atoms with Crippen LogP contribution in [0.4, 0.5) is 4.79 Å². The van der Waals surface area contributed by atoms with E-state index in [4.69, 9.17) is 10.8 Å². The van der Waals surface area contributed by atoms with Crippen LogP contribution in [0, 0.1) is 5.41 Å². The molecular formula is C12H23N3O4. The zero-order valence-corrected chi connectivity index (χ0v) is 11.9. The van der Waals surface area contributed by atoms with E-state index in [2.05, 4.69) is 5.32 Å². The summed E-state index contributed by atoms with van der Waals surface area (Å²) in [6, 6.07) is -0.695. The van der Waals surface area contributed by atoms with Crippen LogP contribution in [0.1, 0.15) is 34.1 Å². The van der Waals surface area contributed by atoms with E-state index in [1.807, 2.05) is 0 Å². The van der Waals surface area contributed by atoms with Crippen LogP contribution in [-0.4, -0.2) is 47.0 Å². The molecule has 110 valence electrons. The molecule has 7 nitrogen and oxygen atoms in total. The lowest BCUT2D eigenvalue weighted by Gasteiger charge is -2.29.